The molecule has 0 aliphatic carbocycles. The number of methoxy groups -OCH3 is 2. The van der Waals surface area contributed by atoms with Crippen LogP contribution in [-0.4, -0.2) is 50.6 Å². The van der Waals surface area contributed by atoms with E-state index in [1.807, 2.05) is 11.0 Å². The van der Waals surface area contributed by atoms with E-state index >= 15 is 0 Å². The summed E-state index contributed by atoms with van der Waals surface area (Å²) in [5.74, 6) is 1.49. The van der Waals surface area contributed by atoms with Crippen molar-refractivity contribution in [3.63, 3.8) is 0 Å². The first-order valence-electron chi connectivity index (χ1n) is 9.72. The summed E-state index contributed by atoms with van der Waals surface area (Å²) in [6, 6.07) is 5.23. The molecule has 1 aromatic carbocycles. The summed E-state index contributed by atoms with van der Waals surface area (Å²) in [4.78, 5) is 26.5. The van der Waals surface area contributed by atoms with Crippen LogP contribution in [0.15, 0.2) is 30.4 Å². The fourth-order valence-electron chi connectivity index (χ4n) is 3.12. The molecule has 0 bridgehead atoms. The van der Waals surface area contributed by atoms with Gasteiger partial charge in [0.05, 0.1) is 14.2 Å². The van der Waals surface area contributed by atoms with Crippen LogP contribution in [0.4, 0.5) is 0 Å². The van der Waals surface area contributed by atoms with Gasteiger partial charge in [-0.2, -0.15) is 0 Å². The topological polar surface area (TPSA) is 67.9 Å². The Morgan fingerprint density at radius 1 is 1.14 bits per heavy atom. The third-order valence-corrected chi connectivity index (χ3v) is 4.83. The predicted octanol–water partition coefficient (Wildman–Crippen LogP) is 3.27. The molecule has 6 heteroatoms. The van der Waals surface area contributed by atoms with Crippen LogP contribution in [0.2, 0.25) is 0 Å². The molecule has 154 valence electrons. The van der Waals surface area contributed by atoms with Gasteiger partial charge >= 0.3 is 0 Å². The van der Waals surface area contributed by atoms with Crippen molar-refractivity contribution in [1.29, 1.82) is 0 Å². The highest BCUT2D eigenvalue weighted by molar-refractivity contribution is 5.95. The predicted molar refractivity (Wildman–Crippen MR) is 110 cm³/mol. The quantitative estimate of drug-likeness (QED) is 0.760. The standard InChI is InChI=1S/C22H32N2O4/c1-22(2,3)11-8-20(25)23-15-16-9-12-24(13-10-16)21(26)17-6-7-18(27-4)19(14-17)28-5/h6-8,11,14,16H,9-10,12-13,15H2,1-5H3,(H,23,25)/b11-8+. The number of hydrogen-bond acceptors (Lipinski definition) is 4. The van der Waals surface area contributed by atoms with Crippen LogP contribution in [-0.2, 0) is 4.79 Å². The van der Waals surface area contributed by atoms with Crippen molar-refractivity contribution in [2.24, 2.45) is 11.3 Å². The summed E-state index contributed by atoms with van der Waals surface area (Å²) < 4.78 is 10.5. The third-order valence-electron chi connectivity index (χ3n) is 4.83. The van der Waals surface area contributed by atoms with E-state index in [4.69, 9.17) is 9.47 Å². The fourth-order valence-corrected chi connectivity index (χ4v) is 3.12. The first-order chi connectivity index (χ1) is 13.2. The van der Waals surface area contributed by atoms with E-state index in [1.54, 1.807) is 38.5 Å². The summed E-state index contributed by atoms with van der Waals surface area (Å²) in [5, 5.41) is 2.97. The van der Waals surface area contributed by atoms with Crippen molar-refractivity contribution >= 4 is 11.8 Å². The first kappa shape index (κ1) is 21.8. The average molecular weight is 389 g/mol. The molecule has 0 radical (unpaired) electrons. The molecule has 0 saturated carbocycles. The van der Waals surface area contributed by atoms with Gasteiger partial charge in [-0.15, -0.1) is 0 Å². The Hall–Kier alpha value is -2.50. The third kappa shape index (κ3) is 6.29. The summed E-state index contributed by atoms with van der Waals surface area (Å²) in [5.41, 5.74) is 0.587. The van der Waals surface area contributed by atoms with Gasteiger partial charge in [-0.05, 0) is 48.4 Å². The smallest absolute Gasteiger partial charge is 0.253 e. The molecule has 1 aliphatic rings. The Bertz CT molecular complexity index is 714. The Balaban J connectivity index is 1.84. The second kappa shape index (κ2) is 9.62. The lowest BCUT2D eigenvalue weighted by atomic mass is 9.95. The van der Waals surface area contributed by atoms with E-state index in [0.717, 1.165) is 12.8 Å². The molecule has 0 spiro atoms. The zero-order valence-corrected chi connectivity index (χ0v) is 17.6. The lowest BCUT2D eigenvalue weighted by Crippen LogP contribution is -2.41. The van der Waals surface area contributed by atoms with Gasteiger partial charge in [0.2, 0.25) is 5.91 Å². The van der Waals surface area contributed by atoms with Crippen LogP contribution in [0.25, 0.3) is 0 Å². The fraction of sp³-hybridized carbons (Fsp3) is 0.545. The lowest BCUT2D eigenvalue weighted by Gasteiger charge is -2.32. The molecular weight excluding hydrogens is 356 g/mol. The minimum Gasteiger partial charge on any atom is -0.493 e. The highest BCUT2D eigenvalue weighted by Crippen LogP contribution is 2.28. The van der Waals surface area contributed by atoms with Gasteiger partial charge in [0.15, 0.2) is 11.5 Å². The van der Waals surface area contributed by atoms with Crippen molar-refractivity contribution in [2.45, 2.75) is 33.6 Å². The number of nitrogens with one attached hydrogen (secondary N) is 1. The van der Waals surface area contributed by atoms with E-state index in [0.29, 0.717) is 42.6 Å². The van der Waals surface area contributed by atoms with Gasteiger partial charge < -0.3 is 19.7 Å². The molecule has 1 aliphatic heterocycles. The Labute approximate surface area is 167 Å². The zero-order valence-electron chi connectivity index (χ0n) is 17.6. The normalized spacial score (nSPS) is 15.5. The zero-order chi connectivity index (χ0) is 20.7. The van der Waals surface area contributed by atoms with Crippen molar-refractivity contribution in [3.8, 4) is 11.5 Å². The Morgan fingerprint density at radius 2 is 1.79 bits per heavy atom. The number of likely N-dealkylation sites (tertiary alicyclic amines) is 1. The maximum absolute atomic E-state index is 12.8. The number of allylic oxidation sites excluding steroid dienone is 1. The monoisotopic (exact) mass is 388 g/mol. The molecule has 28 heavy (non-hydrogen) atoms. The van der Waals surface area contributed by atoms with E-state index in [2.05, 4.69) is 26.1 Å². The molecule has 0 aromatic heterocycles. The van der Waals surface area contributed by atoms with Crippen LogP contribution in [0.3, 0.4) is 0 Å². The molecule has 1 saturated heterocycles. The van der Waals surface area contributed by atoms with Crippen LogP contribution in [0.5, 0.6) is 11.5 Å². The Kier molecular flexibility index (Phi) is 7.49. The number of nitrogens with zero attached hydrogens (tertiary/aromatic N) is 1. The molecule has 0 atom stereocenters. The summed E-state index contributed by atoms with van der Waals surface area (Å²) >= 11 is 0. The SMILES string of the molecule is COc1ccc(C(=O)N2CCC(CNC(=O)/C=C/C(C)(C)C)CC2)cc1OC. The van der Waals surface area contributed by atoms with Gasteiger partial charge in [-0.1, -0.05) is 26.8 Å². The summed E-state index contributed by atoms with van der Waals surface area (Å²) in [7, 11) is 3.13. The number of rotatable bonds is 6. The number of amides is 2. The molecule has 1 heterocycles. The maximum Gasteiger partial charge on any atom is 0.253 e. The maximum atomic E-state index is 12.8. The number of piperidine rings is 1. The summed E-state index contributed by atoms with van der Waals surface area (Å²) in [6.07, 6.45) is 5.27. The Morgan fingerprint density at radius 3 is 2.36 bits per heavy atom. The second-order valence-corrected chi connectivity index (χ2v) is 8.25. The van der Waals surface area contributed by atoms with E-state index in [1.165, 1.54) is 0 Å². The van der Waals surface area contributed by atoms with E-state index in [-0.39, 0.29) is 17.2 Å². The largest absolute Gasteiger partial charge is 0.493 e. The molecule has 1 N–H and O–H groups in total. The molecule has 0 unspecified atom stereocenters. The number of benzene rings is 1. The van der Waals surface area contributed by atoms with Crippen LogP contribution < -0.4 is 14.8 Å². The molecule has 1 aromatic rings. The number of carbonyl (C=O) groups excluding carboxylic acids is 2. The highest BCUT2D eigenvalue weighted by atomic mass is 16.5. The van der Waals surface area contributed by atoms with E-state index < -0.39 is 0 Å². The number of hydrogen-bond donors (Lipinski definition) is 1. The van der Waals surface area contributed by atoms with Gasteiger partial charge in [0, 0.05) is 25.2 Å². The second-order valence-electron chi connectivity index (χ2n) is 8.25. The van der Waals surface area contributed by atoms with Crippen molar-refractivity contribution < 1.29 is 19.1 Å². The van der Waals surface area contributed by atoms with Crippen LogP contribution in [0.1, 0.15) is 44.0 Å². The van der Waals surface area contributed by atoms with Gasteiger partial charge in [0.1, 0.15) is 0 Å². The first-order valence-corrected chi connectivity index (χ1v) is 9.72. The average Bonchev–Trinajstić information content (AvgIpc) is 2.69. The highest BCUT2D eigenvalue weighted by Gasteiger charge is 2.24. The van der Waals surface area contributed by atoms with Crippen molar-refractivity contribution in [3.05, 3.63) is 35.9 Å². The van der Waals surface area contributed by atoms with Crippen LogP contribution >= 0.6 is 0 Å². The minimum atomic E-state index is -0.0567. The van der Waals surface area contributed by atoms with Gasteiger partial charge in [-0.3, -0.25) is 9.59 Å². The van der Waals surface area contributed by atoms with Crippen molar-refractivity contribution in [2.75, 3.05) is 33.9 Å². The molecule has 6 nitrogen and oxygen atoms in total. The van der Waals surface area contributed by atoms with Gasteiger partial charge in [0.25, 0.3) is 5.91 Å². The number of ether oxygens (including phenoxy) is 2. The van der Waals surface area contributed by atoms with Crippen molar-refractivity contribution in [1.82, 2.24) is 10.2 Å². The number of carbonyl (C=O) groups is 2. The minimum absolute atomic E-state index is 0.00320. The lowest BCUT2D eigenvalue weighted by molar-refractivity contribution is -0.116. The summed E-state index contributed by atoms with van der Waals surface area (Å²) in [6.45, 7) is 8.19. The molecular formula is C22H32N2O4. The van der Waals surface area contributed by atoms with Crippen LogP contribution in [0, 0.1) is 11.3 Å². The molecule has 2 amide bonds. The molecule has 1 fully saturated rings. The van der Waals surface area contributed by atoms with Gasteiger partial charge in [-0.25, -0.2) is 0 Å². The molecule has 2 rings (SSSR count). The van der Waals surface area contributed by atoms with E-state index in [9.17, 15) is 9.59 Å².